The van der Waals surface area contributed by atoms with Crippen LogP contribution in [0.4, 0.5) is 11.6 Å². The van der Waals surface area contributed by atoms with Crippen LogP contribution in [0.3, 0.4) is 0 Å². The highest BCUT2D eigenvalue weighted by Gasteiger charge is 2.08. The van der Waals surface area contributed by atoms with Gasteiger partial charge in [0.2, 0.25) is 5.89 Å². The summed E-state index contributed by atoms with van der Waals surface area (Å²) in [5.41, 5.74) is 6.68. The molecule has 18 heavy (non-hydrogen) atoms. The molecule has 0 saturated carbocycles. The van der Waals surface area contributed by atoms with Gasteiger partial charge in [0.1, 0.15) is 23.2 Å². The van der Waals surface area contributed by atoms with E-state index >= 15 is 0 Å². The average molecular weight is 247 g/mol. The van der Waals surface area contributed by atoms with Crippen molar-refractivity contribution in [3.8, 4) is 0 Å². The summed E-state index contributed by atoms with van der Waals surface area (Å²) in [6.07, 6.45) is 2.44. The molecular weight excluding hydrogens is 230 g/mol. The summed E-state index contributed by atoms with van der Waals surface area (Å²) in [5, 5.41) is 3.17. The normalized spacial score (nSPS) is 10.6. The fourth-order valence-electron chi connectivity index (χ4n) is 1.55. The fourth-order valence-corrected chi connectivity index (χ4v) is 1.55. The number of anilines is 2. The summed E-state index contributed by atoms with van der Waals surface area (Å²) in [4.78, 5) is 12.7. The number of nitrogens with two attached hydrogens (primary N) is 1. The molecule has 0 unspecified atom stereocenters. The lowest BCUT2D eigenvalue weighted by molar-refractivity contribution is 0.478. The van der Waals surface area contributed by atoms with Crippen LogP contribution >= 0.6 is 0 Å². The van der Waals surface area contributed by atoms with Gasteiger partial charge in [-0.3, -0.25) is 0 Å². The highest BCUT2D eigenvalue weighted by molar-refractivity contribution is 5.54. The molecule has 6 heteroatoms. The number of hydrogen-bond acceptors (Lipinski definition) is 6. The van der Waals surface area contributed by atoms with Gasteiger partial charge in [0.05, 0.1) is 12.7 Å². The Kier molecular flexibility index (Phi) is 3.45. The summed E-state index contributed by atoms with van der Waals surface area (Å²) >= 11 is 0. The van der Waals surface area contributed by atoms with Gasteiger partial charge in [-0.1, -0.05) is 6.92 Å². The number of aromatic nitrogens is 3. The van der Waals surface area contributed by atoms with Gasteiger partial charge in [-0.05, 0) is 13.8 Å². The van der Waals surface area contributed by atoms with Crippen molar-refractivity contribution in [3.63, 3.8) is 0 Å². The van der Waals surface area contributed by atoms with E-state index in [1.807, 2.05) is 20.8 Å². The molecule has 0 saturated heterocycles. The quantitative estimate of drug-likeness (QED) is 0.856. The van der Waals surface area contributed by atoms with Crippen LogP contribution < -0.4 is 11.1 Å². The lowest BCUT2D eigenvalue weighted by Crippen LogP contribution is -2.09. The van der Waals surface area contributed by atoms with E-state index < -0.39 is 0 Å². The molecule has 0 bridgehead atoms. The molecule has 0 aliphatic carbocycles. The number of aryl methyl sites for hydroxylation is 2. The number of rotatable bonds is 4. The third-order valence-corrected chi connectivity index (χ3v) is 2.62. The van der Waals surface area contributed by atoms with Crippen molar-refractivity contribution < 1.29 is 4.42 Å². The molecule has 0 radical (unpaired) electrons. The van der Waals surface area contributed by atoms with Crippen LogP contribution in [-0.2, 0) is 13.0 Å². The number of oxazole rings is 1. The van der Waals surface area contributed by atoms with E-state index in [-0.39, 0.29) is 0 Å². The van der Waals surface area contributed by atoms with Crippen molar-refractivity contribution in [3.05, 3.63) is 29.2 Å². The van der Waals surface area contributed by atoms with Gasteiger partial charge in [-0.2, -0.15) is 0 Å². The molecule has 6 nitrogen and oxygen atoms in total. The zero-order valence-electron chi connectivity index (χ0n) is 10.8. The molecule has 2 aromatic heterocycles. The second kappa shape index (κ2) is 5.03. The van der Waals surface area contributed by atoms with Crippen LogP contribution in [0.2, 0.25) is 0 Å². The van der Waals surface area contributed by atoms with Crippen LogP contribution in [0.25, 0.3) is 0 Å². The van der Waals surface area contributed by atoms with Crippen LogP contribution in [0.1, 0.15) is 30.0 Å². The van der Waals surface area contributed by atoms with Gasteiger partial charge in [0.25, 0.3) is 0 Å². The summed E-state index contributed by atoms with van der Waals surface area (Å²) in [7, 11) is 0. The molecule has 0 fully saturated rings. The van der Waals surface area contributed by atoms with Gasteiger partial charge in [-0.15, -0.1) is 0 Å². The molecule has 0 atom stereocenters. The summed E-state index contributed by atoms with van der Waals surface area (Å²) in [6.45, 7) is 6.22. The Morgan fingerprint density at radius 1 is 1.33 bits per heavy atom. The van der Waals surface area contributed by atoms with E-state index in [1.54, 1.807) is 6.20 Å². The molecule has 3 N–H and O–H groups in total. The monoisotopic (exact) mass is 247 g/mol. The van der Waals surface area contributed by atoms with Crippen molar-refractivity contribution in [1.29, 1.82) is 0 Å². The Labute approximate surface area is 106 Å². The van der Waals surface area contributed by atoms with E-state index in [4.69, 9.17) is 10.2 Å². The minimum atomic E-state index is 0.480. The van der Waals surface area contributed by atoms with Crippen molar-refractivity contribution in [2.75, 3.05) is 11.1 Å². The third kappa shape index (κ3) is 2.58. The zero-order chi connectivity index (χ0) is 13.1. The van der Waals surface area contributed by atoms with Crippen molar-refractivity contribution >= 4 is 11.6 Å². The van der Waals surface area contributed by atoms with Gasteiger partial charge in [-0.25, -0.2) is 15.0 Å². The van der Waals surface area contributed by atoms with Crippen molar-refractivity contribution in [1.82, 2.24) is 15.0 Å². The molecule has 0 amide bonds. The Balaban J connectivity index is 2.15. The maximum Gasteiger partial charge on any atom is 0.213 e. The van der Waals surface area contributed by atoms with Crippen molar-refractivity contribution in [2.45, 2.75) is 33.7 Å². The van der Waals surface area contributed by atoms with Gasteiger partial charge < -0.3 is 15.5 Å². The summed E-state index contributed by atoms with van der Waals surface area (Å²) < 4.78 is 5.38. The second-order valence-corrected chi connectivity index (χ2v) is 4.07. The van der Waals surface area contributed by atoms with Gasteiger partial charge in [0.15, 0.2) is 0 Å². The average Bonchev–Trinajstić information content (AvgIpc) is 2.77. The van der Waals surface area contributed by atoms with E-state index in [0.29, 0.717) is 18.3 Å². The highest BCUT2D eigenvalue weighted by atomic mass is 16.4. The van der Waals surface area contributed by atoms with Crippen molar-refractivity contribution in [2.24, 2.45) is 0 Å². The van der Waals surface area contributed by atoms with E-state index in [0.717, 1.165) is 29.4 Å². The Morgan fingerprint density at radius 3 is 2.72 bits per heavy atom. The number of nitrogens with one attached hydrogen (secondary N) is 1. The Hall–Kier alpha value is -2.11. The predicted octanol–water partition coefficient (Wildman–Crippen LogP) is 1.84. The molecule has 0 aromatic carbocycles. The molecule has 0 spiro atoms. The molecule has 2 heterocycles. The minimum Gasteiger partial charge on any atom is -0.444 e. The van der Waals surface area contributed by atoms with Crippen LogP contribution in [0.5, 0.6) is 0 Å². The number of nitrogen functional groups attached to an aromatic ring is 1. The molecule has 0 aliphatic rings. The van der Waals surface area contributed by atoms with E-state index in [2.05, 4.69) is 20.3 Å². The minimum absolute atomic E-state index is 0.480. The first-order chi connectivity index (χ1) is 8.60. The first kappa shape index (κ1) is 12.3. The zero-order valence-corrected chi connectivity index (χ0v) is 10.8. The van der Waals surface area contributed by atoms with Crippen LogP contribution in [0, 0.1) is 13.8 Å². The Bertz CT molecular complexity index is 549. The molecule has 96 valence electrons. The maximum atomic E-state index is 5.84. The molecule has 0 aliphatic heterocycles. The van der Waals surface area contributed by atoms with Gasteiger partial charge in [0, 0.05) is 12.0 Å². The third-order valence-electron chi connectivity index (χ3n) is 2.62. The standard InChI is InChI=1S/C12H17N5O/c1-4-9-16-11(13)8(3)12(17-9)15-6-10-14-5-7(2)18-10/h5H,4,6H2,1-3H3,(H3,13,15,16,17). The summed E-state index contributed by atoms with van der Waals surface area (Å²) in [5.74, 6) is 3.38. The predicted molar refractivity (Wildman–Crippen MR) is 69.1 cm³/mol. The smallest absolute Gasteiger partial charge is 0.213 e. The first-order valence-corrected chi connectivity index (χ1v) is 5.88. The SMILES string of the molecule is CCc1nc(N)c(C)c(NCc2ncc(C)o2)n1. The highest BCUT2D eigenvalue weighted by Crippen LogP contribution is 2.18. The lowest BCUT2D eigenvalue weighted by Gasteiger charge is -2.10. The second-order valence-electron chi connectivity index (χ2n) is 4.07. The molecule has 2 rings (SSSR count). The van der Waals surface area contributed by atoms with Crippen LogP contribution in [-0.4, -0.2) is 15.0 Å². The van der Waals surface area contributed by atoms with E-state index in [1.165, 1.54) is 0 Å². The van der Waals surface area contributed by atoms with E-state index in [9.17, 15) is 0 Å². The molecule has 2 aromatic rings. The number of hydrogen-bond donors (Lipinski definition) is 2. The fraction of sp³-hybridized carbons (Fsp3) is 0.417. The first-order valence-electron chi connectivity index (χ1n) is 5.88. The number of nitrogens with zero attached hydrogens (tertiary/aromatic N) is 3. The molecular formula is C12H17N5O. The largest absolute Gasteiger partial charge is 0.444 e. The summed E-state index contributed by atoms with van der Waals surface area (Å²) in [6, 6.07) is 0. The lowest BCUT2D eigenvalue weighted by atomic mass is 10.3. The topological polar surface area (TPSA) is 89.9 Å². The maximum absolute atomic E-state index is 5.84. The van der Waals surface area contributed by atoms with Crippen LogP contribution in [0.15, 0.2) is 10.6 Å². The van der Waals surface area contributed by atoms with Gasteiger partial charge >= 0.3 is 0 Å². The Morgan fingerprint density at radius 2 is 2.11 bits per heavy atom.